The Balaban J connectivity index is 2.49. The predicted molar refractivity (Wildman–Crippen MR) is 89.6 cm³/mol. The van der Waals surface area contributed by atoms with Gasteiger partial charge in [-0.05, 0) is 48.3 Å². The molecule has 0 unspecified atom stereocenters. The Kier molecular flexibility index (Phi) is 5.23. The second-order valence-electron chi connectivity index (χ2n) is 5.52. The molecule has 0 bridgehead atoms. The lowest BCUT2D eigenvalue weighted by atomic mass is 9.95. The van der Waals surface area contributed by atoms with E-state index in [9.17, 15) is 0 Å². The SMILES string of the molecule is CCC(CC)(OC)c1nc(N)c(I)c(C2CCCC2)n1. The van der Waals surface area contributed by atoms with E-state index in [1.807, 2.05) is 0 Å². The molecule has 2 N–H and O–H groups in total. The molecular weight excluding hydrogens is 365 g/mol. The summed E-state index contributed by atoms with van der Waals surface area (Å²) >= 11 is 2.28. The van der Waals surface area contributed by atoms with Gasteiger partial charge in [0.25, 0.3) is 0 Å². The number of nitrogens with two attached hydrogens (primary N) is 1. The summed E-state index contributed by atoms with van der Waals surface area (Å²) in [4.78, 5) is 9.40. The van der Waals surface area contributed by atoms with Crippen LogP contribution in [0.2, 0.25) is 0 Å². The van der Waals surface area contributed by atoms with Gasteiger partial charge in [-0.2, -0.15) is 0 Å². The normalized spacial score (nSPS) is 16.8. The summed E-state index contributed by atoms with van der Waals surface area (Å²) in [7, 11) is 1.74. The average Bonchev–Trinajstić information content (AvgIpc) is 2.99. The molecule has 0 aromatic carbocycles. The van der Waals surface area contributed by atoms with Gasteiger partial charge in [0.05, 0.1) is 9.26 Å². The van der Waals surface area contributed by atoms with Crippen LogP contribution < -0.4 is 5.73 Å². The van der Waals surface area contributed by atoms with Crippen LogP contribution in [0.25, 0.3) is 0 Å². The highest BCUT2D eigenvalue weighted by atomic mass is 127. The van der Waals surface area contributed by atoms with E-state index < -0.39 is 5.60 Å². The first kappa shape index (κ1) is 15.9. The van der Waals surface area contributed by atoms with Crippen molar-refractivity contribution in [2.75, 3.05) is 12.8 Å². The van der Waals surface area contributed by atoms with Gasteiger partial charge >= 0.3 is 0 Å². The van der Waals surface area contributed by atoms with Gasteiger partial charge in [-0.3, -0.25) is 0 Å². The van der Waals surface area contributed by atoms with Crippen LogP contribution in [0, 0.1) is 3.57 Å². The number of hydrogen-bond acceptors (Lipinski definition) is 4. The average molecular weight is 389 g/mol. The van der Waals surface area contributed by atoms with E-state index >= 15 is 0 Å². The first-order chi connectivity index (χ1) is 9.57. The molecule has 1 aliphatic carbocycles. The summed E-state index contributed by atoms with van der Waals surface area (Å²) in [6.07, 6.45) is 6.70. The number of aromatic nitrogens is 2. The van der Waals surface area contributed by atoms with Gasteiger partial charge in [0.15, 0.2) is 5.82 Å². The van der Waals surface area contributed by atoms with Crippen molar-refractivity contribution in [3.05, 3.63) is 15.1 Å². The molecule has 1 saturated carbocycles. The summed E-state index contributed by atoms with van der Waals surface area (Å²) < 4.78 is 6.78. The van der Waals surface area contributed by atoms with Crippen molar-refractivity contribution in [1.29, 1.82) is 0 Å². The van der Waals surface area contributed by atoms with Crippen LogP contribution in [0.1, 0.15) is 69.8 Å². The minimum atomic E-state index is -0.411. The molecule has 20 heavy (non-hydrogen) atoms. The zero-order valence-corrected chi connectivity index (χ0v) is 14.7. The van der Waals surface area contributed by atoms with Gasteiger partial charge in [0, 0.05) is 13.0 Å². The van der Waals surface area contributed by atoms with E-state index in [4.69, 9.17) is 15.5 Å². The molecule has 5 heteroatoms. The van der Waals surface area contributed by atoms with Crippen molar-refractivity contribution in [3.8, 4) is 0 Å². The maximum atomic E-state index is 6.14. The number of rotatable bonds is 5. The quantitative estimate of drug-likeness (QED) is 0.774. The molecule has 1 aromatic heterocycles. The number of anilines is 1. The second-order valence-corrected chi connectivity index (χ2v) is 6.60. The smallest absolute Gasteiger partial charge is 0.162 e. The monoisotopic (exact) mass is 389 g/mol. The summed E-state index contributed by atoms with van der Waals surface area (Å²) in [6.45, 7) is 4.22. The summed E-state index contributed by atoms with van der Waals surface area (Å²) in [5.74, 6) is 1.89. The number of nitrogen functional groups attached to an aromatic ring is 1. The third-order valence-corrected chi connectivity index (χ3v) is 5.69. The van der Waals surface area contributed by atoms with Gasteiger partial charge < -0.3 is 10.5 Å². The van der Waals surface area contributed by atoms with E-state index in [0.29, 0.717) is 11.7 Å². The second kappa shape index (κ2) is 6.56. The lowest BCUT2D eigenvalue weighted by molar-refractivity contribution is -0.0292. The van der Waals surface area contributed by atoms with Crippen molar-refractivity contribution in [1.82, 2.24) is 9.97 Å². The topological polar surface area (TPSA) is 61.0 Å². The van der Waals surface area contributed by atoms with Gasteiger partial charge in [-0.25, -0.2) is 9.97 Å². The van der Waals surface area contributed by atoms with Crippen molar-refractivity contribution in [2.45, 2.75) is 63.9 Å². The van der Waals surface area contributed by atoms with Crippen LogP contribution in [-0.4, -0.2) is 17.1 Å². The van der Waals surface area contributed by atoms with Crippen LogP contribution in [0.15, 0.2) is 0 Å². The zero-order valence-electron chi connectivity index (χ0n) is 12.6. The molecule has 0 radical (unpaired) electrons. The molecule has 1 aromatic rings. The molecule has 1 fully saturated rings. The van der Waals surface area contributed by atoms with E-state index in [2.05, 4.69) is 41.4 Å². The van der Waals surface area contributed by atoms with E-state index in [0.717, 1.165) is 27.9 Å². The highest BCUT2D eigenvalue weighted by molar-refractivity contribution is 14.1. The minimum absolute atomic E-state index is 0.411. The number of halogens is 1. The lowest BCUT2D eigenvalue weighted by Crippen LogP contribution is -2.30. The maximum absolute atomic E-state index is 6.14. The molecule has 2 rings (SSSR count). The lowest BCUT2D eigenvalue weighted by Gasteiger charge is -2.29. The zero-order chi connectivity index (χ0) is 14.8. The van der Waals surface area contributed by atoms with Crippen LogP contribution >= 0.6 is 22.6 Å². The molecular formula is C15H24IN3O. The molecule has 0 aliphatic heterocycles. The van der Waals surface area contributed by atoms with E-state index in [-0.39, 0.29) is 0 Å². The van der Waals surface area contributed by atoms with Crippen molar-refractivity contribution in [3.63, 3.8) is 0 Å². The van der Waals surface area contributed by atoms with E-state index in [1.54, 1.807) is 7.11 Å². The molecule has 0 spiro atoms. The molecule has 1 heterocycles. The number of hydrogen-bond donors (Lipinski definition) is 1. The van der Waals surface area contributed by atoms with Crippen molar-refractivity contribution >= 4 is 28.4 Å². The first-order valence-electron chi connectivity index (χ1n) is 7.46. The van der Waals surface area contributed by atoms with Gasteiger partial charge in [0.1, 0.15) is 11.4 Å². The third-order valence-electron chi connectivity index (χ3n) is 4.58. The Labute approximate surface area is 135 Å². The number of methoxy groups -OCH3 is 1. The Morgan fingerprint density at radius 2 is 1.85 bits per heavy atom. The predicted octanol–water partition coefficient (Wildman–Crippen LogP) is 3.98. The third kappa shape index (κ3) is 2.79. The molecule has 0 atom stereocenters. The molecule has 1 aliphatic rings. The fraction of sp³-hybridized carbons (Fsp3) is 0.733. The standard InChI is InChI=1S/C15H24IN3O/c1-4-15(5-2,20-3)14-18-12(10-8-6-7-9-10)11(16)13(17)19-14/h10H,4-9H2,1-3H3,(H2,17,18,19). The highest BCUT2D eigenvalue weighted by Crippen LogP contribution is 2.38. The molecule has 0 saturated heterocycles. The molecule has 112 valence electrons. The van der Waals surface area contributed by atoms with E-state index in [1.165, 1.54) is 25.7 Å². The first-order valence-corrected chi connectivity index (χ1v) is 8.54. The fourth-order valence-corrected chi connectivity index (χ4v) is 3.78. The number of ether oxygens (including phenoxy) is 1. The molecule has 4 nitrogen and oxygen atoms in total. The summed E-state index contributed by atoms with van der Waals surface area (Å²) in [5, 5.41) is 0. The van der Waals surface area contributed by atoms with Crippen LogP contribution in [0.3, 0.4) is 0 Å². The van der Waals surface area contributed by atoms with Gasteiger partial charge in [0.2, 0.25) is 0 Å². The Bertz CT molecular complexity index is 460. The maximum Gasteiger partial charge on any atom is 0.162 e. The largest absolute Gasteiger partial charge is 0.383 e. The summed E-state index contributed by atoms with van der Waals surface area (Å²) in [5.41, 5.74) is 6.86. The van der Waals surface area contributed by atoms with Crippen LogP contribution in [-0.2, 0) is 10.3 Å². The van der Waals surface area contributed by atoms with Gasteiger partial charge in [-0.15, -0.1) is 0 Å². The highest BCUT2D eigenvalue weighted by Gasteiger charge is 2.34. The van der Waals surface area contributed by atoms with Gasteiger partial charge in [-0.1, -0.05) is 26.7 Å². The Morgan fingerprint density at radius 1 is 1.25 bits per heavy atom. The minimum Gasteiger partial charge on any atom is -0.383 e. The molecule has 0 amide bonds. The fourth-order valence-electron chi connectivity index (χ4n) is 3.10. The van der Waals surface area contributed by atoms with Crippen molar-refractivity contribution in [2.24, 2.45) is 0 Å². The van der Waals surface area contributed by atoms with Crippen LogP contribution in [0.4, 0.5) is 5.82 Å². The Hall–Kier alpha value is -0.430. The summed E-state index contributed by atoms with van der Waals surface area (Å²) in [6, 6.07) is 0. The Morgan fingerprint density at radius 3 is 2.35 bits per heavy atom. The van der Waals surface area contributed by atoms with Crippen LogP contribution in [0.5, 0.6) is 0 Å². The van der Waals surface area contributed by atoms with Crippen molar-refractivity contribution < 1.29 is 4.74 Å². The number of nitrogens with zero attached hydrogens (tertiary/aromatic N) is 2.